The highest BCUT2D eigenvalue weighted by Crippen LogP contribution is 2.35. The van der Waals surface area contributed by atoms with Gasteiger partial charge in [0, 0.05) is 18.7 Å². The third-order valence-electron chi connectivity index (χ3n) is 2.78. The summed E-state index contributed by atoms with van der Waals surface area (Å²) in [6.07, 6.45) is 0. The summed E-state index contributed by atoms with van der Waals surface area (Å²) in [4.78, 5) is 14.7. The molecule has 7 nitrogen and oxygen atoms in total. The Labute approximate surface area is 121 Å². The van der Waals surface area contributed by atoms with Crippen LogP contribution in [0, 0.1) is 10.1 Å². The first kappa shape index (κ1) is 14.7. The molecule has 0 radical (unpaired) electrons. The molecule has 0 unspecified atom stereocenters. The van der Waals surface area contributed by atoms with Crippen LogP contribution in [0.5, 0.6) is 5.75 Å². The number of ether oxygens (including phenoxy) is 2. The van der Waals surface area contributed by atoms with Crippen LogP contribution >= 0.6 is 0 Å². The van der Waals surface area contributed by atoms with Gasteiger partial charge in [-0.25, -0.2) is 4.98 Å². The molecule has 0 fully saturated rings. The van der Waals surface area contributed by atoms with Crippen LogP contribution in [0.25, 0.3) is 11.3 Å². The van der Waals surface area contributed by atoms with E-state index in [1.165, 1.54) is 12.1 Å². The van der Waals surface area contributed by atoms with Crippen LogP contribution in [0.2, 0.25) is 0 Å². The maximum absolute atomic E-state index is 11.1. The monoisotopic (exact) mass is 289 g/mol. The van der Waals surface area contributed by atoms with Gasteiger partial charge in [0.05, 0.1) is 11.5 Å². The number of nitro groups is 1. The van der Waals surface area contributed by atoms with E-state index in [1.807, 2.05) is 0 Å². The molecule has 1 aromatic heterocycles. The highest BCUT2D eigenvalue weighted by molar-refractivity contribution is 5.75. The van der Waals surface area contributed by atoms with Crippen molar-refractivity contribution in [2.75, 3.05) is 26.1 Å². The molecular weight excluding hydrogens is 274 g/mol. The number of nitrogens with two attached hydrogens (primary N) is 1. The zero-order valence-electron chi connectivity index (χ0n) is 11.5. The first-order chi connectivity index (χ1) is 10.1. The van der Waals surface area contributed by atoms with Crippen LogP contribution in [0.3, 0.4) is 0 Å². The summed E-state index contributed by atoms with van der Waals surface area (Å²) in [5.41, 5.74) is 6.23. The molecule has 110 valence electrons. The molecule has 0 amide bonds. The summed E-state index contributed by atoms with van der Waals surface area (Å²) in [6.45, 7) is 0.754. The molecule has 2 aromatic rings. The summed E-state index contributed by atoms with van der Waals surface area (Å²) in [5.74, 6) is 0.707. The smallest absolute Gasteiger partial charge is 0.295 e. The van der Waals surface area contributed by atoms with Crippen LogP contribution in [-0.2, 0) is 4.74 Å². The van der Waals surface area contributed by atoms with E-state index in [4.69, 9.17) is 15.2 Å². The molecule has 0 atom stereocenters. The highest BCUT2D eigenvalue weighted by Gasteiger charge is 2.20. The summed E-state index contributed by atoms with van der Waals surface area (Å²) >= 11 is 0. The lowest BCUT2D eigenvalue weighted by Gasteiger charge is -2.11. The second-order valence-electron chi connectivity index (χ2n) is 4.20. The third-order valence-corrected chi connectivity index (χ3v) is 2.78. The van der Waals surface area contributed by atoms with Gasteiger partial charge in [0.25, 0.3) is 5.69 Å². The molecule has 0 bridgehead atoms. The molecule has 7 heteroatoms. The minimum atomic E-state index is -0.492. The molecule has 2 rings (SSSR count). The lowest BCUT2D eigenvalue weighted by atomic mass is 10.1. The van der Waals surface area contributed by atoms with Crippen LogP contribution in [0.15, 0.2) is 36.4 Å². The minimum absolute atomic E-state index is 0.119. The predicted molar refractivity (Wildman–Crippen MR) is 78.1 cm³/mol. The van der Waals surface area contributed by atoms with E-state index >= 15 is 0 Å². The Morgan fingerprint density at radius 2 is 2.00 bits per heavy atom. The van der Waals surface area contributed by atoms with Crippen molar-refractivity contribution in [2.45, 2.75) is 0 Å². The number of nitrogen functional groups attached to an aromatic ring is 1. The van der Waals surface area contributed by atoms with Crippen LogP contribution in [0.1, 0.15) is 0 Å². The van der Waals surface area contributed by atoms with Crippen LogP contribution < -0.4 is 10.5 Å². The Bertz CT molecular complexity index is 646. The highest BCUT2D eigenvalue weighted by atomic mass is 16.6. The number of aromatic nitrogens is 1. The van der Waals surface area contributed by atoms with Crippen molar-refractivity contribution >= 4 is 11.5 Å². The quantitative estimate of drug-likeness (QED) is 0.497. The predicted octanol–water partition coefficient (Wildman–Crippen LogP) is 2.26. The van der Waals surface area contributed by atoms with Crippen molar-refractivity contribution in [2.24, 2.45) is 0 Å². The molecule has 0 saturated heterocycles. The molecule has 1 aromatic carbocycles. The fourth-order valence-electron chi connectivity index (χ4n) is 1.84. The molecule has 21 heavy (non-hydrogen) atoms. The third kappa shape index (κ3) is 3.46. The van der Waals surface area contributed by atoms with Crippen molar-refractivity contribution in [1.82, 2.24) is 4.98 Å². The molecule has 0 spiro atoms. The summed E-state index contributed by atoms with van der Waals surface area (Å²) in [6, 6.07) is 9.70. The molecule has 1 heterocycles. The zero-order chi connectivity index (χ0) is 15.2. The summed E-state index contributed by atoms with van der Waals surface area (Å²) in [7, 11) is 1.57. The van der Waals surface area contributed by atoms with Gasteiger partial charge >= 0.3 is 0 Å². The van der Waals surface area contributed by atoms with Crippen molar-refractivity contribution in [3.63, 3.8) is 0 Å². The van der Waals surface area contributed by atoms with E-state index in [0.717, 1.165) is 0 Å². The number of anilines is 1. The fourth-order valence-corrected chi connectivity index (χ4v) is 1.84. The maximum atomic E-state index is 11.1. The van der Waals surface area contributed by atoms with Gasteiger partial charge < -0.3 is 15.2 Å². The summed E-state index contributed by atoms with van der Waals surface area (Å²) in [5, 5.41) is 11.1. The lowest BCUT2D eigenvalue weighted by molar-refractivity contribution is -0.384. The number of benzene rings is 1. The zero-order valence-corrected chi connectivity index (χ0v) is 11.5. The van der Waals surface area contributed by atoms with Gasteiger partial charge in [-0.15, -0.1) is 0 Å². The number of para-hydroxylation sites is 1. The largest absolute Gasteiger partial charge is 0.490 e. The van der Waals surface area contributed by atoms with Crippen LogP contribution in [-0.4, -0.2) is 30.2 Å². The van der Waals surface area contributed by atoms with E-state index in [-0.39, 0.29) is 17.2 Å². The van der Waals surface area contributed by atoms with Crippen LogP contribution in [0.4, 0.5) is 11.5 Å². The number of pyridine rings is 1. The number of hydrogen-bond donors (Lipinski definition) is 1. The molecule has 2 N–H and O–H groups in total. The molecule has 0 aliphatic carbocycles. The lowest BCUT2D eigenvalue weighted by Crippen LogP contribution is -2.06. The Hall–Kier alpha value is -2.67. The maximum Gasteiger partial charge on any atom is 0.295 e. The van der Waals surface area contributed by atoms with Gasteiger partial charge in [0.15, 0.2) is 5.69 Å². The van der Waals surface area contributed by atoms with E-state index in [2.05, 4.69) is 4.98 Å². The second kappa shape index (κ2) is 6.67. The average Bonchev–Trinajstić information content (AvgIpc) is 2.47. The Kier molecular flexibility index (Phi) is 4.68. The second-order valence-corrected chi connectivity index (χ2v) is 4.20. The van der Waals surface area contributed by atoms with Gasteiger partial charge in [-0.2, -0.15) is 0 Å². The van der Waals surface area contributed by atoms with E-state index in [0.29, 0.717) is 24.5 Å². The van der Waals surface area contributed by atoms with E-state index in [9.17, 15) is 10.1 Å². The average molecular weight is 289 g/mol. The normalized spacial score (nSPS) is 10.3. The molecule has 0 aliphatic rings. The number of rotatable bonds is 6. The number of hydrogen-bond acceptors (Lipinski definition) is 6. The number of methoxy groups -OCH3 is 1. The van der Waals surface area contributed by atoms with Gasteiger partial charge in [-0.1, -0.05) is 12.1 Å². The van der Waals surface area contributed by atoms with Gasteiger partial charge in [0.2, 0.25) is 0 Å². The standard InChI is InChI=1S/C14H15N3O4/c1-20-8-9-21-12-5-3-2-4-10(12)14-11(17(18)19)6-7-13(15)16-14/h2-7H,8-9H2,1H3,(H2,15,16). The van der Waals surface area contributed by atoms with E-state index in [1.54, 1.807) is 31.4 Å². The molecule has 0 saturated carbocycles. The summed E-state index contributed by atoms with van der Waals surface area (Å²) < 4.78 is 10.5. The Morgan fingerprint density at radius 3 is 2.71 bits per heavy atom. The first-order valence-corrected chi connectivity index (χ1v) is 6.25. The Morgan fingerprint density at radius 1 is 1.24 bits per heavy atom. The van der Waals surface area contributed by atoms with Gasteiger partial charge in [-0.05, 0) is 18.2 Å². The van der Waals surface area contributed by atoms with Gasteiger partial charge in [0.1, 0.15) is 18.2 Å². The fraction of sp³-hybridized carbons (Fsp3) is 0.214. The number of nitrogens with zero attached hydrogens (tertiary/aromatic N) is 2. The van der Waals surface area contributed by atoms with Crippen molar-refractivity contribution < 1.29 is 14.4 Å². The van der Waals surface area contributed by atoms with Crippen molar-refractivity contribution in [1.29, 1.82) is 0 Å². The molecular formula is C14H15N3O4. The molecule has 0 aliphatic heterocycles. The SMILES string of the molecule is COCCOc1ccccc1-c1nc(N)ccc1[N+](=O)[O-]. The van der Waals surface area contributed by atoms with E-state index < -0.39 is 4.92 Å². The Balaban J connectivity index is 2.46. The first-order valence-electron chi connectivity index (χ1n) is 6.25. The van der Waals surface area contributed by atoms with Gasteiger partial charge in [-0.3, -0.25) is 10.1 Å². The van der Waals surface area contributed by atoms with Crippen molar-refractivity contribution in [3.8, 4) is 17.0 Å². The minimum Gasteiger partial charge on any atom is -0.490 e. The topological polar surface area (TPSA) is 101 Å². The van der Waals surface area contributed by atoms with Crippen molar-refractivity contribution in [3.05, 3.63) is 46.5 Å².